The second-order valence-corrected chi connectivity index (χ2v) is 8.36. The Kier molecular flexibility index (Phi) is 6.45. The molecule has 3 aromatic rings. The van der Waals surface area contributed by atoms with Crippen LogP contribution in [0.25, 0.3) is 11.1 Å². The van der Waals surface area contributed by atoms with E-state index in [1.165, 1.54) is 11.3 Å². The zero-order valence-electron chi connectivity index (χ0n) is 19.3. The normalized spacial score (nSPS) is 17.6. The number of carbonyl (C=O) groups is 1. The van der Waals surface area contributed by atoms with Gasteiger partial charge in [-0.05, 0) is 86.7 Å². The molecule has 2 heterocycles. The lowest BCUT2D eigenvalue weighted by Gasteiger charge is -2.41. The third kappa shape index (κ3) is 4.47. The first-order chi connectivity index (χ1) is 15.5. The zero-order chi connectivity index (χ0) is 22.7. The first-order valence-electron chi connectivity index (χ1n) is 11.4. The standard InChI is InChI=1S/C27H31N3O2/c1-5-30-19(4)15-24(29-26-14-7-18(3)17-28-26)23-16-22(12-13-25(23)30)20-8-10-21(11-9-20)27(31)32-6-2/h7-14,16-17,19,24H,5-6,15H2,1-4H3,(H,28,29)/t19-,24+/m0/s1. The molecule has 5 heteroatoms. The highest BCUT2D eigenvalue weighted by Crippen LogP contribution is 2.40. The number of nitrogens with zero attached hydrogens (tertiary/aromatic N) is 2. The Labute approximate surface area is 190 Å². The van der Waals surface area contributed by atoms with Gasteiger partial charge in [0, 0.05) is 24.5 Å². The minimum atomic E-state index is -0.285. The van der Waals surface area contributed by atoms with Crippen molar-refractivity contribution in [3.63, 3.8) is 0 Å². The molecule has 0 amide bonds. The number of esters is 1. The number of aryl methyl sites for hydroxylation is 1. The lowest BCUT2D eigenvalue weighted by Crippen LogP contribution is -2.40. The maximum Gasteiger partial charge on any atom is 0.338 e. The van der Waals surface area contributed by atoms with Crippen LogP contribution in [0.2, 0.25) is 0 Å². The van der Waals surface area contributed by atoms with E-state index >= 15 is 0 Å². The number of fused-ring (bicyclic) bond motifs is 1. The molecule has 0 spiro atoms. The van der Waals surface area contributed by atoms with Crippen molar-refractivity contribution >= 4 is 17.5 Å². The highest BCUT2D eigenvalue weighted by atomic mass is 16.5. The van der Waals surface area contributed by atoms with Gasteiger partial charge in [0.1, 0.15) is 5.82 Å². The number of ether oxygens (including phenoxy) is 1. The Morgan fingerprint density at radius 1 is 1.09 bits per heavy atom. The van der Waals surface area contributed by atoms with Gasteiger partial charge in [-0.25, -0.2) is 9.78 Å². The Morgan fingerprint density at radius 2 is 1.84 bits per heavy atom. The van der Waals surface area contributed by atoms with E-state index in [-0.39, 0.29) is 12.0 Å². The highest BCUT2D eigenvalue weighted by molar-refractivity contribution is 5.90. The number of nitrogens with one attached hydrogen (secondary N) is 1. The summed E-state index contributed by atoms with van der Waals surface area (Å²) in [4.78, 5) is 19.0. The Morgan fingerprint density at radius 3 is 2.50 bits per heavy atom. The summed E-state index contributed by atoms with van der Waals surface area (Å²) >= 11 is 0. The molecule has 5 nitrogen and oxygen atoms in total. The van der Waals surface area contributed by atoms with Gasteiger partial charge < -0.3 is 15.0 Å². The maximum absolute atomic E-state index is 12.0. The SMILES string of the molecule is CCOC(=O)c1ccc(-c2ccc3c(c2)[C@H](Nc2ccc(C)cn2)C[C@H](C)N3CC)cc1. The first kappa shape index (κ1) is 21.9. The molecule has 0 radical (unpaired) electrons. The fourth-order valence-corrected chi connectivity index (χ4v) is 4.47. The molecule has 0 aliphatic carbocycles. The van der Waals surface area contributed by atoms with E-state index in [1.54, 1.807) is 0 Å². The van der Waals surface area contributed by atoms with Crippen LogP contribution < -0.4 is 10.2 Å². The van der Waals surface area contributed by atoms with Crippen molar-refractivity contribution in [1.29, 1.82) is 0 Å². The Hall–Kier alpha value is -3.34. The van der Waals surface area contributed by atoms with Gasteiger partial charge >= 0.3 is 5.97 Å². The zero-order valence-corrected chi connectivity index (χ0v) is 19.3. The van der Waals surface area contributed by atoms with Crippen LogP contribution in [0.5, 0.6) is 0 Å². The third-order valence-corrected chi connectivity index (χ3v) is 6.12. The summed E-state index contributed by atoms with van der Waals surface area (Å²) in [5.74, 6) is 0.611. The number of pyridine rings is 1. The van der Waals surface area contributed by atoms with Crippen LogP contribution in [0.1, 0.15) is 54.7 Å². The smallest absolute Gasteiger partial charge is 0.338 e. The summed E-state index contributed by atoms with van der Waals surface area (Å²) in [5, 5.41) is 3.66. The van der Waals surface area contributed by atoms with E-state index in [0.29, 0.717) is 18.2 Å². The maximum atomic E-state index is 12.0. The minimum Gasteiger partial charge on any atom is -0.462 e. The summed E-state index contributed by atoms with van der Waals surface area (Å²) in [6, 6.07) is 19.0. The van der Waals surface area contributed by atoms with Crippen LogP contribution in [0.4, 0.5) is 11.5 Å². The van der Waals surface area contributed by atoms with Gasteiger partial charge in [-0.1, -0.05) is 24.3 Å². The molecular formula is C27H31N3O2. The van der Waals surface area contributed by atoms with Gasteiger partial charge in [0.2, 0.25) is 0 Å². The lowest BCUT2D eigenvalue weighted by molar-refractivity contribution is 0.0526. The molecule has 0 unspecified atom stereocenters. The number of hydrogen-bond acceptors (Lipinski definition) is 5. The van der Waals surface area contributed by atoms with Crippen molar-refractivity contribution in [2.24, 2.45) is 0 Å². The van der Waals surface area contributed by atoms with Crippen LogP contribution in [0.3, 0.4) is 0 Å². The number of rotatable bonds is 6. The summed E-state index contributed by atoms with van der Waals surface area (Å²) in [5.41, 5.74) is 6.48. The number of benzene rings is 2. The van der Waals surface area contributed by atoms with E-state index in [2.05, 4.69) is 53.3 Å². The van der Waals surface area contributed by atoms with Crippen LogP contribution in [-0.2, 0) is 4.74 Å². The number of hydrogen-bond donors (Lipinski definition) is 1. The van der Waals surface area contributed by atoms with Crippen LogP contribution in [0, 0.1) is 6.92 Å². The van der Waals surface area contributed by atoms with Crippen molar-refractivity contribution < 1.29 is 9.53 Å². The molecule has 2 atom stereocenters. The van der Waals surface area contributed by atoms with Crippen molar-refractivity contribution in [2.45, 2.75) is 46.2 Å². The van der Waals surface area contributed by atoms with Crippen LogP contribution >= 0.6 is 0 Å². The van der Waals surface area contributed by atoms with E-state index < -0.39 is 0 Å². The van der Waals surface area contributed by atoms with Gasteiger partial charge in [0.15, 0.2) is 0 Å². The van der Waals surface area contributed by atoms with E-state index in [9.17, 15) is 4.79 Å². The quantitative estimate of drug-likeness (QED) is 0.487. The molecule has 0 fully saturated rings. The molecule has 0 saturated carbocycles. The van der Waals surface area contributed by atoms with Crippen molar-refractivity contribution in [2.75, 3.05) is 23.4 Å². The average Bonchev–Trinajstić information content (AvgIpc) is 2.81. The van der Waals surface area contributed by atoms with Gasteiger partial charge in [-0.2, -0.15) is 0 Å². The largest absolute Gasteiger partial charge is 0.462 e. The molecule has 1 aromatic heterocycles. The molecule has 1 aliphatic rings. The lowest BCUT2D eigenvalue weighted by atomic mass is 9.89. The van der Waals surface area contributed by atoms with Gasteiger partial charge in [-0.3, -0.25) is 0 Å². The van der Waals surface area contributed by atoms with E-state index in [0.717, 1.165) is 35.5 Å². The van der Waals surface area contributed by atoms with Crippen LogP contribution in [0.15, 0.2) is 60.8 Å². The summed E-state index contributed by atoms with van der Waals surface area (Å²) in [6.45, 7) is 9.70. The second kappa shape index (κ2) is 9.43. The van der Waals surface area contributed by atoms with Crippen LogP contribution in [-0.4, -0.2) is 30.1 Å². The van der Waals surface area contributed by atoms with Gasteiger partial charge in [0.05, 0.1) is 18.2 Å². The highest BCUT2D eigenvalue weighted by Gasteiger charge is 2.30. The molecule has 2 aromatic carbocycles. The number of aromatic nitrogens is 1. The number of carbonyl (C=O) groups excluding carboxylic acids is 1. The molecule has 0 saturated heterocycles. The minimum absolute atomic E-state index is 0.178. The molecule has 4 rings (SSSR count). The topological polar surface area (TPSA) is 54.5 Å². The predicted octanol–water partition coefficient (Wildman–Crippen LogP) is 6.01. The Bertz CT molecular complexity index is 1080. The van der Waals surface area contributed by atoms with Crippen molar-refractivity contribution in [3.8, 4) is 11.1 Å². The molecule has 0 bridgehead atoms. The second-order valence-electron chi connectivity index (χ2n) is 8.36. The Balaban J connectivity index is 1.67. The molecule has 1 aliphatic heterocycles. The monoisotopic (exact) mass is 429 g/mol. The third-order valence-electron chi connectivity index (χ3n) is 6.12. The first-order valence-corrected chi connectivity index (χ1v) is 11.4. The predicted molar refractivity (Wildman–Crippen MR) is 130 cm³/mol. The van der Waals surface area contributed by atoms with Crippen molar-refractivity contribution in [3.05, 3.63) is 77.5 Å². The van der Waals surface area contributed by atoms with Gasteiger partial charge in [0.25, 0.3) is 0 Å². The molecule has 32 heavy (non-hydrogen) atoms. The summed E-state index contributed by atoms with van der Waals surface area (Å²) in [7, 11) is 0. The number of anilines is 2. The van der Waals surface area contributed by atoms with Crippen molar-refractivity contribution in [1.82, 2.24) is 4.98 Å². The van der Waals surface area contributed by atoms with E-state index in [1.807, 2.05) is 50.4 Å². The fourth-order valence-electron chi connectivity index (χ4n) is 4.47. The molecular weight excluding hydrogens is 398 g/mol. The summed E-state index contributed by atoms with van der Waals surface area (Å²) in [6.07, 6.45) is 2.90. The molecule has 1 N–H and O–H groups in total. The van der Waals surface area contributed by atoms with E-state index in [4.69, 9.17) is 4.74 Å². The summed E-state index contributed by atoms with van der Waals surface area (Å²) < 4.78 is 5.10. The van der Waals surface area contributed by atoms with Gasteiger partial charge in [-0.15, -0.1) is 0 Å². The molecule has 166 valence electrons. The average molecular weight is 430 g/mol. The fraction of sp³-hybridized carbons (Fsp3) is 0.333.